The first-order valence-corrected chi connectivity index (χ1v) is 11.9. The van der Waals surface area contributed by atoms with Crippen molar-refractivity contribution in [1.29, 1.82) is 0 Å². The van der Waals surface area contributed by atoms with E-state index in [1.165, 1.54) is 9.87 Å². The molecule has 29 heavy (non-hydrogen) atoms. The van der Waals surface area contributed by atoms with Gasteiger partial charge in [-0.05, 0) is 37.3 Å². The average molecular weight is 415 g/mol. The maximum Gasteiger partial charge on any atom is 0.223 e. The first-order valence-electron chi connectivity index (χ1n) is 10.3. The number of carbonyl (C=O) groups is 1. The lowest BCUT2D eigenvalue weighted by atomic mass is 9.95. The largest absolute Gasteiger partial charge is 0.349 e. The van der Waals surface area contributed by atoms with Gasteiger partial charge >= 0.3 is 0 Å². The van der Waals surface area contributed by atoms with E-state index in [4.69, 9.17) is 0 Å². The van der Waals surface area contributed by atoms with E-state index in [1.807, 2.05) is 37.3 Å². The molecule has 0 bridgehead atoms. The maximum absolute atomic E-state index is 12.8. The van der Waals surface area contributed by atoms with Crippen molar-refractivity contribution in [3.8, 4) is 0 Å². The number of nitrogens with zero attached hydrogens (tertiary/aromatic N) is 1. The molecule has 0 spiro atoms. The third-order valence-corrected chi connectivity index (χ3v) is 7.46. The van der Waals surface area contributed by atoms with E-state index in [2.05, 4.69) is 36.5 Å². The molecule has 5 nitrogen and oxygen atoms in total. The van der Waals surface area contributed by atoms with Crippen LogP contribution in [0.25, 0.3) is 0 Å². The Morgan fingerprint density at radius 1 is 1.07 bits per heavy atom. The minimum absolute atomic E-state index is 0.00996. The lowest BCUT2D eigenvalue weighted by Gasteiger charge is -2.31. The van der Waals surface area contributed by atoms with Gasteiger partial charge in [0.1, 0.15) is 0 Å². The third kappa shape index (κ3) is 5.67. The maximum atomic E-state index is 12.8. The molecule has 2 aromatic rings. The van der Waals surface area contributed by atoms with Crippen LogP contribution in [0.3, 0.4) is 0 Å². The fourth-order valence-corrected chi connectivity index (χ4v) is 5.35. The van der Waals surface area contributed by atoms with Gasteiger partial charge < -0.3 is 5.32 Å². The number of sulfonamides is 1. The van der Waals surface area contributed by atoms with Crippen LogP contribution in [0.1, 0.15) is 48.9 Å². The van der Waals surface area contributed by atoms with Crippen molar-refractivity contribution >= 4 is 15.9 Å². The van der Waals surface area contributed by atoms with Gasteiger partial charge in [-0.2, -0.15) is 0 Å². The van der Waals surface area contributed by atoms with Crippen LogP contribution in [-0.4, -0.2) is 31.7 Å². The lowest BCUT2D eigenvalue weighted by Crippen LogP contribution is -2.44. The molecule has 0 aliphatic carbocycles. The monoisotopic (exact) mass is 414 g/mol. The molecule has 3 rings (SSSR count). The normalized spacial score (nSPS) is 17.0. The molecule has 2 aromatic carbocycles. The van der Waals surface area contributed by atoms with Gasteiger partial charge in [-0.3, -0.25) is 4.79 Å². The topological polar surface area (TPSA) is 66.5 Å². The molecule has 1 amide bonds. The lowest BCUT2D eigenvalue weighted by molar-refractivity contribution is -0.126. The van der Waals surface area contributed by atoms with Gasteiger partial charge in [0.2, 0.25) is 15.9 Å². The second-order valence-corrected chi connectivity index (χ2v) is 9.76. The number of benzene rings is 2. The second kappa shape index (κ2) is 9.55. The minimum Gasteiger partial charge on any atom is -0.349 e. The van der Waals surface area contributed by atoms with Crippen LogP contribution >= 0.6 is 0 Å². The number of rotatable bonds is 7. The molecule has 1 fully saturated rings. The Morgan fingerprint density at radius 2 is 1.69 bits per heavy atom. The summed E-state index contributed by atoms with van der Waals surface area (Å²) in [6.07, 6.45) is 1.94. The third-order valence-electron chi connectivity index (χ3n) is 5.61. The van der Waals surface area contributed by atoms with Crippen molar-refractivity contribution in [2.75, 3.05) is 13.1 Å². The van der Waals surface area contributed by atoms with Gasteiger partial charge in [0.15, 0.2) is 0 Å². The SMILES string of the molecule is CCC(NC(=O)C1CCN(S(=O)(=O)Cc2ccccc2)CC1)c1ccc(C)cc1. The zero-order chi connectivity index (χ0) is 20.9. The van der Waals surface area contributed by atoms with E-state index < -0.39 is 10.0 Å². The van der Waals surface area contributed by atoms with Gasteiger partial charge in [0, 0.05) is 19.0 Å². The summed E-state index contributed by atoms with van der Waals surface area (Å²) < 4.78 is 26.9. The van der Waals surface area contributed by atoms with Gasteiger partial charge in [-0.15, -0.1) is 0 Å². The zero-order valence-electron chi connectivity index (χ0n) is 17.2. The molecule has 0 aromatic heterocycles. The number of hydrogen-bond acceptors (Lipinski definition) is 3. The molecule has 6 heteroatoms. The molecule has 1 heterocycles. The predicted octanol–water partition coefficient (Wildman–Crippen LogP) is 3.80. The molecule has 1 saturated heterocycles. The molecule has 1 unspecified atom stereocenters. The standard InChI is InChI=1S/C23H30N2O3S/c1-3-22(20-11-9-18(2)10-12-20)24-23(26)21-13-15-25(16-14-21)29(27,28)17-19-7-5-4-6-8-19/h4-12,21-22H,3,13-17H2,1-2H3,(H,24,26). The number of carbonyl (C=O) groups excluding carboxylic acids is 1. The van der Waals surface area contributed by atoms with Crippen molar-refractivity contribution in [3.05, 3.63) is 71.3 Å². The Bertz CT molecular complexity index is 903. The Hall–Kier alpha value is -2.18. The van der Waals surface area contributed by atoms with E-state index in [0.717, 1.165) is 17.5 Å². The van der Waals surface area contributed by atoms with E-state index >= 15 is 0 Å². The summed E-state index contributed by atoms with van der Waals surface area (Å²) in [5.41, 5.74) is 3.09. The number of hydrogen-bond donors (Lipinski definition) is 1. The fourth-order valence-electron chi connectivity index (χ4n) is 3.78. The number of piperidine rings is 1. The molecule has 1 aliphatic rings. The van der Waals surface area contributed by atoms with E-state index in [-0.39, 0.29) is 23.6 Å². The second-order valence-electron chi connectivity index (χ2n) is 7.80. The Morgan fingerprint density at radius 3 is 2.28 bits per heavy atom. The predicted molar refractivity (Wildman–Crippen MR) is 116 cm³/mol. The van der Waals surface area contributed by atoms with Crippen molar-refractivity contribution in [2.45, 2.75) is 44.9 Å². The van der Waals surface area contributed by atoms with Crippen LogP contribution < -0.4 is 5.32 Å². The highest BCUT2D eigenvalue weighted by Crippen LogP contribution is 2.24. The van der Waals surface area contributed by atoms with Gasteiger partial charge in [-0.1, -0.05) is 67.1 Å². The van der Waals surface area contributed by atoms with Crippen LogP contribution in [0, 0.1) is 12.8 Å². The Kier molecular flexibility index (Phi) is 7.09. The summed E-state index contributed by atoms with van der Waals surface area (Å²) >= 11 is 0. The highest BCUT2D eigenvalue weighted by Gasteiger charge is 2.31. The van der Waals surface area contributed by atoms with E-state index in [0.29, 0.717) is 25.9 Å². The van der Waals surface area contributed by atoms with Crippen LogP contribution in [0.2, 0.25) is 0 Å². The van der Waals surface area contributed by atoms with Crippen LogP contribution in [0.4, 0.5) is 0 Å². The highest BCUT2D eigenvalue weighted by atomic mass is 32.2. The van der Waals surface area contributed by atoms with Crippen LogP contribution in [0.15, 0.2) is 54.6 Å². The van der Waals surface area contributed by atoms with Gasteiger partial charge in [-0.25, -0.2) is 12.7 Å². The number of amides is 1. The first kappa shape index (κ1) is 21.5. The van der Waals surface area contributed by atoms with Crippen LogP contribution in [-0.2, 0) is 20.6 Å². The van der Waals surface area contributed by atoms with Crippen molar-refractivity contribution in [1.82, 2.24) is 9.62 Å². The summed E-state index contributed by atoms with van der Waals surface area (Å²) in [6.45, 7) is 4.90. The number of aryl methyl sites for hydroxylation is 1. The first-order chi connectivity index (χ1) is 13.9. The van der Waals surface area contributed by atoms with Gasteiger partial charge in [0.25, 0.3) is 0 Å². The summed E-state index contributed by atoms with van der Waals surface area (Å²) in [6, 6.07) is 17.4. The zero-order valence-corrected chi connectivity index (χ0v) is 18.0. The molecule has 0 saturated carbocycles. The van der Waals surface area contributed by atoms with E-state index in [1.54, 1.807) is 0 Å². The minimum atomic E-state index is -3.36. The van der Waals surface area contributed by atoms with Crippen molar-refractivity contribution < 1.29 is 13.2 Å². The Balaban J connectivity index is 1.55. The molecule has 1 atom stereocenters. The molecule has 1 N–H and O–H groups in total. The smallest absolute Gasteiger partial charge is 0.223 e. The van der Waals surface area contributed by atoms with Gasteiger partial charge in [0.05, 0.1) is 11.8 Å². The molecule has 1 aliphatic heterocycles. The number of nitrogens with one attached hydrogen (secondary N) is 1. The van der Waals surface area contributed by atoms with Crippen molar-refractivity contribution in [2.24, 2.45) is 5.92 Å². The molecule has 156 valence electrons. The molecular weight excluding hydrogens is 384 g/mol. The highest BCUT2D eigenvalue weighted by molar-refractivity contribution is 7.88. The summed E-state index contributed by atoms with van der Waals surface area (Å²) in [5.74, 6) is -0.106. The molecule has 0 radical (unpaired) electrons. The average Bonchev–Trinajstić information content (AvgIpc) is 2.73. The fraction of sp³-hybridized carbons (Fsp3) is 0.435. The van der Waals surface area contributed by atoms with Crippen LogP contribution in [0.5, 0.6) is 0 Å². The molecular formula is C23H30N2O3S. The van der Waals surface area contributed by atoms with Crippen molar-refractivity contribution in [3.63, 3.8) is 0 Å². The van der Waals surface area contributed by atoms with E-state index in [9.17, 15) is 13.2 Å². The quantitative estimate of drug-likeness (QED) is 0.749. The summed E-state index contributed by atoms with van der Waals surface area (Å²) in [4.78, 5) is 12.8. The summed E-state index contributed by atoms with van der Waals surface area (Å²) in [5, 5.41) is 3.16. The Labute approximate surface area is 174 Å². The summed E-state index contributed by atoms with van der Waals surface area (Å²) in [7, 11) is -3.36.